The van der Waals surface area contributed by atoms with Gasteiger partial charge in [-0.2, -0.15) is 25.3 Å². The third-order valence-corrected chi connectivity index (χ3v) is 2.04. The molecule has 0 rings (SSSR count). The van der Waals surface area contributed by atoms with Gasteiger partial charge in [-0.25, -0.2) is 4.79 Å². The van der Waals surface area contributed by atoms with Crippen molar-refractivity contribution in [3.63, 3.8) is 0 Å². The topological polar surface area (TPSA) is 46.5 Å². The fourth-order valence-electron chi connectivity index (χ4n) is 0.869. The van der Waals surface area contributed by atoms with Crippen LogP contribution in [0.2, 0.25) is 0 Å². The Kier molecular flexibility index (Phi) is 7.49. The monoisotopic (exact) mass is 238 g/mol. The Morgan fingerprint density at radius 3 is 2.36 bits per heavy atom. The van der Waals surface area contributed by atoms with E-state index in [-0.39, 0.29) is 6.61 Å². The van der Waals surface area contributed by atoms with Crippen LogP contribution in [0.25, 0.3) is 0 Å². The molecular formula is C9H18O3S2. The summed E-state index contributed by atoms with van der Waals surface area (Å²) in [6.45, 7) is 2.21. The molecule has 0 spiro atoms. The number of carbonyl (C=O) groups excluding carboxylic acids is 1. The molecule has 0 heterocycles. The van der Waals surface area contributed by atoms with Gasteiger partial charge in [0.2, 0.25) is 0 Å². The van der Waals surface area contributed by atoms with E-state index in [9.17, 15) is 4.79 Å². The molecule has 0 unspecified atom stereocenters. The van der Waals surface area contributed by atoms with E-state index in [0.29, 0.717) is 6.61 Å². The van der Waals surface area contributed by atoms with E-state index in [1.807, 2.05) is 0 Å². The van der Waals surface area contributed by atoms with Crippen LogP contribution in [-0.4, -0.2) is 28.4 Å². The summed E-state index contributed by atoms with van der Waals surface area (Å²) in [7, 11) is 0. The minimum Gasteiger partial charge on any atom is -0.464 e. The number of aliphatic hydroxyl groups is 1. The molecule has 0 aliphatic heterocycles. The van der Waals surface area contributed by atoms with Crippen molar-refractivity contribution in [1.82, 2.24) is 0 Å². The number of hydrogen-bond acceptors (Lipinski definition) is 5. The maximum Gasteiger partial charge on any atom is 0.331 e. The van der Waals surface area contributed by atoms with Crippen LogP contribution in [0.4, 0.5) is 0 Å². The Balaban J connectivity index is 3.33. The molecule has 0 saturated carbocycles. The molecule has 0 saturated heterocycles. The van der Waals surface area contributed by atoms with Crippen LogP contribution >= 0.6 is 25.3 Å². The van der Waals surface area contributed by atoms with Gasteiger partial charge in [-0.1, -0.05) is 6.42 Å². The summed E-state index contributed by atoms with van der Waals surface area (Å²) in [4.78, 5) is 11.1. The zero-order valence-corrected chi connectivity index (χ0v) is 10.2. The first-order chi connectivity index (χ1) is 6.48. The molecule has 14 heavy (non-hydrogen) atoms. The molecule has 3 nitrogen and oxygen atoms in total. The van der Waals surface area contributed by atoms with Crippen molar-refractivity contribution in [2.75, 3.05) is 13.2 Å². The highest BCUT2D eigenvalue weighted by Gasteiger charge is 2.25. The van der Waals surface area contributed by atoms with E-state index in [4.69, 9.17) is 9.84 Å². The number of ether oxygens (including phenoxy) is 1. The number of carbonyl (C=O) groups is 1. The van der Waals surface area contributed by atoms with Gasteiger partial charge in [-0.3, -0.25) is 0 Å². The number of hydrogen-bond donors (Lipinski definition) is 3. The predicted molar refractivity (Wildman–Crippen MR) is 62.9 cm³/mol. The zero-order chi connectivity index (χ0) is 11.0. The van der Waals surface area contributed by atoms with Crippen molar-refractivity contribution in [1.29, 1.82) is 0 Å². The molecule has 0 atom stereocenters. The van der Waals surface area contributed by atoms with Crippen LogP contribution in [0.1, 0.15) is 32.6 Å². The summed E-state index contributed by atoms with van der Waals surface area (Å²) in [6.07, 6.45) is 3.56. The average Bonchev–Trinajstić information content (AvgIpc) is 2.09. The number of thiol groups is 2. The third kappa shape index (κ3) is 7.53. The van der Waals surface area contributed by atoms with E-state index < -0.39 is 10.0 Å². The SMILES string of the molecule is CC(S)(S)C(=O)OCCCCCCO. The van der Waals surface area contributed by atoms with Crippen molar-refractivity contribution < 1.29 is 14.6 Å². The number of esters is 1. The summed E-state index contributed by atoms with van der Waals surface area (Å²) in [6, 6.07) is 0. The molecule has 0 aliphatic rings. The Morgan fingerprint density at radius 2 is 1.86 bits per heavy atom. The number of unbranched alkanes of at least 4 members (excludes halogenated alkanes) is 3. The van der Waals surface area contributed by atoms with Crippen molar-refractivity contribution in [3.05, 3.63) is 0 Å². The Morgan fingerprint density at radius 1 is 1.29 bits per heavy atom. The van der Waals surface area contributed by atoms with Gasteiger partial charge in [0.25, 0.3) is 0 Å². The first kappa shape index (κ1) is 14.1. The lowest BCUT2D eigenvalue weighted by Crippen LogP contribution is -2.25. The lowest BCUT2D eigenvalue weighted by molar-refractivity contribution is -0.143. The quantitative estimate of drug-likeness (QED) is 0.274. The van der Waals surface area contributed by atoms with Gasteiger partial charge in [0.15, 0.2) is 4.08 Å². The second kappa shape index (κ2) is 7.43. The second-order valence-electron chi connectivity index (χ2n) is 3.29. The fourth-order valence-corrected chi connectivity index (χ4v) is 0.998. The molecule has 0 amide bonds. The van der Waals surface area contributed by atoms with E-state index in [2.05, 4.69) is 25.3 Å². The minimum atomic E-state index is -1.01. The molecule has 5 heteroatoms. The molecular weight excluding hydrogens is 220 g/mol. The Labute approximate surface area is 96.0 Å². The summed E-state index contributed by atoms with van der Waals surface area (Å²) in [5.74, 6) is -0.411. The van der Waals surface area contributed by atoms with Crippen molar-refractivity contribution in [2.24, 2.45) is 0 Å². The fraction of sp³-hybridized carbons (Fsp3) is 0.889. The molecule has 0 bridgehead atoms. The largest absolute Gasteiger partial charge is 0.464 e. The highest BCUT2D eigenvalue weighted by molar-refractivity contribution is 8.01. The Hall–Kier alpha value is 0.130. The van der Waals surface area contributed by atoms with Gasteiger partial charge in [-0.05, 0) is 26.2 Å². The molecule has 1 N–H and O–H groups in total. The van der Waals surface area contributed by atoms with Crippen LogP contribution < -0.4 is 0 Å². The van der Waals surface area contributed by atoms with Crippen molar-refractivity contribution in [2.45, 2.75) is 36.7 Å². The van der Waals surface area contributed by atoms with E-state index in [0.717, 1.165) is 25.7 Å². The van der Waals surface area contributed by atoms with Gasteiger partial charge >= 0.3 is 5.97 Å². The van der Waals surface area contributed by atoms with Gasteiger partial charge < -0.3 is 9.84 Å². The van der Waals surface area contributed by atoms with Crippen LogP contribution in [0.15, 0.2) is 0 Å². The molecule has 0 aliphatic carbocycles. The number of aliphatic hydroxyl groups excluding tert-OH is 1. The summed E-state index contributed by atoms with van der Waals surface area (Å²) in [5, 5.41) is 8.51. The number of rotatable bonds is 7. The van der Waals surface area contributed by atoms with Gasteiger partial charge in [0.1, 0.15) is 0 Å². The van der Waals surface area contributed by atoms with E-state index in [1.165, 1.54) is 0 Å². The lowest BCUT2D eigenvalue weighted by atomic mass is 10.2. The average molecular weight is 238 g/mol. The second-order valence-corrected chi connectivity index (χ2v) is 5.44. The molecule has 0 aromatic heterocycles. The van der Waals surface area contributed by atoms with Crippen molar-refractivity contribution in [3.8, 4) is 0 Å². The van der Waals surface area contributed by atoms with Crippen LogP contribution in [-0.2, 0) is 9.53 Å². The molecule has 0 fully saturated rings. The van der Waals surface area contributed by atoms with Crippen LogP contribution in [0.5, 0.6) is 0 Å². The van der Waals surface area contributed by atoms with Crippen molar-refractivity contribution >= 4 is 31.2 Å². The third-order valence-electron chi connectivity index (χ3n) is 1.67. The smallest absolute Gasteiger partial charge is 0.331 e. The summed E-state index contributed by atoms with van der Waals surface area (Å²) < 4.78 is 3.92. The molecule has 0 aromatic carbocycles. The first-order valence-electron chi connectivity index (χ1n) is 4.71. The van der Waals surface area contributed by atoms with E-state index in [1.54, 1.807) is 6.92 Å². The van der Waals surface area contributed by atoms with Gasteiger partial charge in [0, 0.05) is 6.61 Å². The first-order valence-corrected chi connectivity index (χ1v) is 5.60. The van der Waals surface area contributed by atoms with Crippen LogP contribution in [0, 0.1) is 0 Å². The van der Waals surface area contributed by atoms with Gasteiger partial charge in [-0.15, -0.1) is 0 Å². The van der Waals surface area contributed by atoms with E-state index >= 15 is 0 Å². The normalized spacial score (nSPS) is 11.4. The molecule has 84 valence electrons. The highest BCUT2D eigenvalue weighted by Crippen LogP contribution is 2.19. The Bertz CT molecular complexity index is 166. The predicted octanol–water partition coefficient (Wildman–Crippen LogP) is 1.66. The molecule has 0 aromatic rings. The van der Waals surface area contributed by atoms with Crippen LogP contribution in [0.3, 0.4) is 0 Å². The highest BCUT2D eigenvalue weighted by atomic mass is 32.2. The summed E-state index contributed by atoms with van der Waals surface area (Å²) >= 11 is 7.93. The maximum absolute atomic E-state index is 11.1. The standard InChI is InChI=1S/C9H18O3S2/c1-9(13,14)8(11)12-7-5-3-2-4-6-10/h10,13-14H,2-7H2,1H3. The zero-order valence-electron chi connectivity index (χ0n) is 8.40. The van der Waals surface area contributed by atoms with Gasteiger partial charge in [0.05, 0.1) is 6.61 Å². The molecule has 0 radical (unpaired) electrons. The summed E-state index contributed by atoms with van der Waals surface area (Å²) in [5.41, 5.74) is 0. The maximum atomic E-state index is 11.1. The minimum absolute atomic E-state index is 0.227. The lowest BCUT2D eigenvalue weighted by Gasteiger charge is -2.14.